The molecule has 4 rings (SSSR count). The highest BCUT2D eigenvalue weighted by Gasteiger charge is 2.21. The van der Waals surface area contributed by atoms with E-state index in [1.54, 1.807) is 18.2 Å². The van der Waals surface area contributed by atoms with Crippen LogP contribution in [-0.2, 0) is 17.8 Å². The molecule has 0 atom stereocenters. The van der Waals surface area contributed by atoms with Crippen LogP contribution < -0.4 is 4.74 Å². The highest BCUT2D eigenvalue weighted by atomic mass is 35.5. The second-order valence-electron chi connectivity index (χ2n) is 7.64. The molecule has 0 spiro atoms. The van der Waals surface area contributed by atoms with E-state index >= 15 is 0 Å². The minimum Gasteiger partial charge on any atom is -0.457 e. The zero-order valence-electron chi connectivity index (χ0n) is 17.1. The summed E-state index contributed by atoms with van der Waals surface area (Å²) in [6.07, 6.45) is 0.467. The third-order valence-corrected chi connectivity index (χ3v) is 6.09. The van der Waals surface area contributed by atoms with Crippen molar-refractivity contribution in [1.29, 1.82) is 0 Å². The molecule has 160 valence electrons. The fraction of sp³-hybridized carbons (Fsp3) is 0.240. The number of amides is 1. The van der Waals surface area contributed by atoms with Crippen molar-refractivity contribution in [2.45, 2.75) is 13.0 Å². The standard InChI is InChI=1S/C25H24Cl2N2O2/c26-23-10-9-22(17-24(23)27)31-21-8-4-7-20(15-21)18-28-11-13-29(14-12-28)25(30)16-19-5-2-1-3-6-19/h1-10,15,17H,11-14,16,18H2. The number of rotatable bonds is 6. The number of halogens is 2. The van der Waals surface area contributed by atoms with Gasteiger partial charge < -0.3 is 9.64 Å². The molecule has 1 amide bonds. The van der Waals surface area contributed by atoms with Gasteiger partial charge >= 0.3 is 0 Å². The van der Waals surface area contributed by atoms with E-state index in [0.29, 0.717) is 22.2 Å². The Hall–Kier alpha value is -2.53. The van der Waals surface area contributed by atoms with Gasteiger partial charge in [-0.1, -0.05) is 65.7 Å². The zero-order chi connectivity index (χ0) is 21.6. The molecule has 0 aromatic heterocycles. The molecule has 31 heavy (non-hydrogen) atoms. The van der Waals surface area contributed by atoms with Gasteiger partial charge in [0.15, 0.2) is 0 Å². The number of piperazine rings is 1. The van der Waals surface area contributed by atoms with Gasteiger partial charge in [0, 0.05) is 38.8 Å². The third-order valence-electron chi connectivity index (χ3n) is 5.35. The Balaban J connectivity index is 1.30. The number of ether oxygens (including phenoxy) is 1. The summed E-state index contributed by atoms with van der Waals surface area (Å²) >= 11 is 12.0. The molecule has 0 unspecified atom stereocenters. The second-order valence-corrected chi connectivity index (χ2v) is 8.46. The van der Waals surface area contributed by atoms with Crippen LogP contribution in [-0.4, -0.2) is 41.9 Å². The van der Waals surface area contributed by atoms with Crippen molar-refractivity contribution < 1.29 is 9.53 Å². The Labute approximate surface area is 192 Å². The van der Waals surface area contributed by atoms with Crippen molar-refractivity contribution in [3.63, 3.8) is 0 Å². The highest BCUT2D eigenvalue weighted by Crippen LogP contribution is 2.29. The highest BCUT2D eigenvalue weighted by molar-refractivity contribution is 6.42. The molecule has 1 heterocycles. The Morgan fingerprint density at radius 3 is 2.23 bits per heavy atom. The van der Waals surface area contributed by atoms with Crippen LogP contribution >= 0.6 is 23.2 Å². The van der Waals surface area contributed by atoms with Crippen LogP contribution in [0.2, 0.25) is 10.0 Å². The average molecular weight is 455 g/mol. The van der Waals surface area contributed by atoms with Crippen molar-refractivity contribution in [3.8, 4) is 11.5 Å². The Kier molecular flexibility index (Phi) is 7.13. The van der Waals surface area contributed by atoms with Gasteiger partial charge in [-0.3, -0.25) is 9.69 Å². The number of carbonyl (C=O) groups excluding carboxylic acids is 1. The summed E-state index contributed by atoms with van der Waals surface area (Å²) in [7, 11) is 0. The quantitative estimate of drug-likeness (QED) is 0.480. The fourth-order valence-electron chi connectivity index (χ4n) is 3.68. The van der Waals surface area contributed by atoms with Crippen LogP contribution in [0.4, 0.5) is 0 Å². The summed E-state index contributed by atoms with van der Waals surface area (Å²) in [5.74, 6) is 1.60. The predicted octanol–water partition coefficient (Wildman–Crippen LogP) is 5.67. The first-order valence-corrected chi connectivity index (χ1v) is 11.1. The van der Waals surface area contributed by atoms with E-state index in [9.17, 15) is 4.79 Å². The van der Waals surface area contributed by atoms with E-state index in [1.807, 2.05) is 53.4 Å². The lowest BCUT2D eigenvalue weighted by atomic mass is 10.1. The minimum absolute atomic E-state index is 0.197. The topological polar surface area (TPSA) is 32.8 Å². The number of hydrogen-bond acceptors (Lipinski definition) is 3. The zero-order valence-corrected chi connectivity index (χ0v) is 18.6. The lowest BCUT2D eigenvalue weighted by molar-refractivity contribution is -0.132. The maximum absolute atomic E-state index is 12.6. The van der Waals surface area contributed by atoms with Gasteiger partial charge in [0.05, 0.1) is 16.5 Å². The van der Waals surface area contributed by atoms with Crippen LogP contribution in [0.3, 0.4) is 0 Å². The van der Waals surface area contributed by atoms with E-state index in [1.165, 1.54) is 5.56 Å². The number of benzene rings is 3. The van der Waals surface area contributed by atoms with E-state index in [2.05, 4.69) is 11.0 Å². The Morgan fingerprint density at radius 1 is 0.774 bits per heavy atom. The number of carbonyl (C=O) groups is 1. The summed E-state index contributed by atoms with van der Waals surface area (Å²) in [6, 6.07) is 23.2. The predicted molar refractivity (Wildman–Crippen MR) is 125 cm³/mol. The molecule has 0 aliphatic carbocycles. The molecule has 4 nitrogen and oxygen atoms in total. The van der Waals surface area contributed by atoms with Gasteiger partial charge in [-0.15, -0.1) is 0 Å². The summed E-state index contributed by atoms with van der Waals surface area (Å²) < 4.78 is 5.93. The molecule has 0 radical (unpaired) electrons. The minimum atomic E-state index is 0.197. The Morgan fingerprint density at radius 2 is 1.48 bits per heavy atom. The third kappa shape index (κ3) is 6.01. The molecular formula is C25H24Cl2N2O2. The van der Waals surface area contributed by atoms with E-state index in [4.69, 9.17) is 27.9 Å². The van der Waals surface area contributed by atoms with Crippen LogP contribution in [0.5, 0.6) is 11.5 Å². The van der Waals surface area contributed by atoms with Crippen molar-refractivity contribution in [2.75, 3.05) is 26.2 Å². The van der Waals surface area contributed by atoms with E-state index < -0.39 is 0 Å². The smallest absolute Gasteiger partial charge is 0.227 e. The van der Waals surface area contributed by atoms with E-state index in [-0.39, 0.29) is 5.91 Å². The van der Waals surface area contributed by atoms with Crippen LogP contribution in [0.1, 0.15) is 11.1 Å². The molecule has 6 heteroatoms. The average Bonchev–Trinajstić information content (AvgIpc) is 2.78. The molecule has 3 aromatic carbocycles. The van der Waals surface area contributed by atoms with Gasteiger partial charge in [0.2, 0.25) is 5.91 Å². The first kappa shape index (κ1) is 21.7. The van der Waals surface area contributed by atoms with Gasteiger partial charge in [-0.2, -0.15) is 0 Å². The van der Waals surface area contributed by atoms with Crippen LogP contribution in [0.15, 0.2) is 72.8 Å². The summed E-state index contributed by atoms with van der Waals surface area (Å²) in [6.45, 7) is 4.05. The lowest BCUT2D eigenvalue weighted by Gasteiger charge is -2.35. The van der Waals surface area contributed by atoms with Crippen molar-refractivity contribution in [1.82, 2.24) is 9.80 Å². The summed E-state index contributed by atoms with van der Waals surface area (Å²) in [5, 5.41) is 0.971. The van der Waals surface area contributed by atoms with Gasteiger partial charge in [-0.25, -0.2) is 0 Å². The van der Waals surface area contributed by atoms with Gasteiger partial charge in [0.25, 0.3) is 0 Å². The first-order chi connectivity index (χ1) is 15.1. The molecule has 0 bridgehead atoms. The number of hydrogen-bond donors (Lipinski definition) is 0. The first-order valence-electron chi connectivity index (χ1n) is 10.3. The van der Waals surface area contributed by atoms with Crippen LogP contribution in [0, 0.1) is 0 Å². The number of nitrogens with zero attached hydrogens (tertiary/aromatic N) is 2. The Bertz CT molecular complexity index is 1030. The molecular weight excluding hydrogens is 431 g/mol. The van der Waals surface area contributed by atoms with Gasteiger partial charge in [0.1, 0.15) is 11.5 Å². The largest absolute Gasteiger partial charge is 0.457 e. The second kappa shape index (κ2) is 10.2. The molecule has 1 saturated heterocycles. The van der Waals surface area contributed by atoms with E-state index in [0.717, 1.165) is 44.0 Å². The summed E-state index contributed by atoms with van der Waals surface area (Å²) in [5.41, 5.74) is 2.23. The fourth-order valence-corrected chi connectivity index (χ4v) is 3.97. The molecule has 0 saturated carbocycles. The molecule has 3 aromatic rings. The maximum atomic E-state index is 12.6. The normalized spacial score (nSPS) is 14.5. The molecule has 1 aliphatic rings. The lowest BCUT2D eigenvalue weighted by Crippen LogP contribution is -2.48. The maximum Gasteiger partial charge on any atom is 0.227 e. The SMILES string of the molecule is O=C(Cc1ccccc1)N1CCN(Cc2cccc(Oc3ccc(Cl)c(Cl)c3)c2)CC1. The van der Waals surface area contributed by atoms with Gasteiger partial charge in [-0.05, 0) is 35.4 Å². The molecule has 1 fully saturated rings. The van der Waals surface area contributed by atoms with Crippen LogP contribution in [0.25, 0.3) is 0 Å². The summed E-state index contributed by atoms with van der Waals surface area (Å²) in [4.78, 5) is 16.9. The molecule has 1 aliphatic heterocycles. The monoisotopic (exact) mass is 454 g/mol. The van der Waals surface area contributed by atoms with Crippen molar-refractivity contribution >= 4 is 29.1 Å². The van der Waals surface area contributed by atoms with Crippen molar-refractivity contribution in [3.05, 3.63) is 94.0 Å². The van der Waals surface area contributed by atoms with Crippen molar-refractivity contribution in [2.24, 2.45) is 0 Å². The molecule has 0 N–H and O–H groups in total.